The minimum absolute atomic E-state index is 0.135. The van der Waals surface area contributed by atoms with Crippen LogP contribution in [-0.4, -0.2) is 6.21 Å². The average Bonchev–Trinajstić information content (AvgIpc) is 2.01. The van der Waals surface area contributed by atoms with Gasteiger partial charge in [-0.2, -0.15) is 0 Å². The molecule has 0 aliphatic carbocycles. The molecule has 0 amide bonds. The predicted octanol–water partition coefficient (Wildman–Crippen LogP) is 4.34. The second kappa shape index (κ2) is 2.28. The van der Waals surface area contributed by atoms with Crippen molar-refractivity contribution in [3.05, 3.63) is 29.8 Å². The molecule has 0 spiro atoms. The van der Waals surface area contributed by atoms with Gasteiger partial charge >= 0.3 is 10.2 Å². The van der Waals surface area contributed by atoms with Gasteiger partial charge in [0.05, 0.1) is 0 Å². The Morgan fingerprint density at radius 3 is 1.64 bits per heavy atom. The molecule has 1 aromatic rings. The standard InChI is InChI=1S/C7H6F5NS/c8-14(9,10,11,12)7-3-1-6(5-13)2-4-7/h1-5,13H. The van der Waals surface area contributed by atoms with Crippen molar-refractivity contribution in [2.75, 3.05) is 0 Å². The molecule has 1 rings (SSSR count). The first-order valence-electron chi connectivity index (χ1n) is 3.37. The van der Waals surface area contributed by atoms with Gasteiger partial charge in [-0.3, -0.25) is 0 Å². The third-order valence-corrected chi connectivity index (χ3v) is 2.66. The summed E-state index contributed by atoms with van der Waals surface area (Å²) in [5.41, 5.74) is 0.135. The Kier molecular flexibility index (Phi) is 1.78. The zero-order chi connectivity index (χ0) is 11.1. The summed E-state index contributed by atoms with van der Waals surface area (Å²) in [6.45, 7) is 0. The lowest BCUT2D eigenvalue weighted by molar-refractivity contribution is 0.364. The normalized spacial score (nSPS) is 16.9. The summed E-state index contributed by atoms with van der Waals surface area (Å²) in [7, 11) is -9.54. The van der Waals surface area contributed by atoms with Crippen LogP contribution in [0.5, 0.6) is 0 Å². The Bertz CT molecular complexity index is 364. The number of hydrogen-bond acceptors (Lipinski definition) is 1. The van der Waals surface area contributed by atoms with Gasteiger partial charge in [0, 0.05) is 6.21 Å². The molecule has 0 atom stereocenters. The van der Waals surface area contributed by atoms with Crippen LogP contribution >= 0.6 is 10.2 Å². The van der Waals surface area contributed by atoms with Crippen LogP contribution in [0.25, 0.3) is 0 Å². The van der Waals surface area contributed by atoms with Gasteiger partial charge in [-0.25, -0.2) is 0 Å². The van der Waals surface area contributed by atoms with E-state index < -0.39 is 15.1 Å². The van der Waals surface area contributed by atoms with Gasteiger partial charge in [0.15, 0.2) is 0 Å². The Balaban J connectivity index is 3.31. The highest BCUT2D eigenvalue weighted by Gasteiger charge is 2.65. The quantitative estimate of drug-likeness (QED) is 0.578. The molecule has 1 N–H and O–H groups in total. The van der Waals surface area contributed by atoms with Crippen molar-refractivity contribution >= 4 is 16.4 Å². The van der Waals surface area contributed by atoms with Crippen LogP contribution in [0.2, 0.25) is 0 Å². The van der Waals surface area contributed by atoms with E-state index in [2.05, 4.69) is 0 Å². The fourth-order valence-electron chi connectivity index (χ4n) is 0.821. The van der Waals surface area contributed by atoms with Crippen LogP contribution in [0.4, 0.5) is 19.4 Å². The van der Waals surface area contributed by atoms with Gasteiger partial charge < -0.3 is 5.41 Å². The number of benzene rings is 1. The number of hydrogen-bond donors (Lipinski definition) is 1. The van der Waals surface area contributed by atoms with Crippen molar-refractivity contribution in [1.82, 2.24) is 0 Å². The van der Waals surface area contributed by atoms with Crippen molar-refractivity contribution in [3.8, 4) is 0 Å². The van der Waals surface area contributed by atoms with Crippen molar-refractivity contribution in [2.45, 2.75) is 4.90 Å². The van der Waals surface area contributed by atoms with E-state index in [1.807, 2.05) is 0 Å². The fraction of sp³-hybridized carbons (Fsp3) is 0. The van der Waals surface area contributed by atoms with Crippen molar-refractivity contribution in [2.24, 2.45) is 0 Å². The summed E-state index contributed by atoms with van der Waals surface area (Å²) >= 11 is 0. The van der Waals surface area contributed by atoms with Gasteiger partial charge in [0.25, 0.3) is 0 Å². The molecule has 14 heavy (non-hydrogen) atoms. The van der Waals surface area contributed by atoms with E-state index in [-0.39, 0.29) is 17.7 Å². The molecule has 7 heteroatoms. The molecular formula is C7H6F5NS. The van der Waals surface area contributed by atoms with E-state index in [9.17, 15) is 19.4 Å². The van der Waals surface area contributed by atoms with Crippen LogP contribution in [0.15, 0.2) is 29.2 Å². The number of nitrogens with one attached hydrogen (secondary N) is 1. The van der Waals surface area contributed by atoms with Gasteiger partial charge in [-0.1, -0.05) is 31.6 Å². The second-order valence-corrected chi connectivity index (χ2v) is 5.09. The molecular weight excluding hydrogens is 225 g/mol. The summed E-state index contributed by atoms with van der Waals surface area (Å²) in [5, 5.41) is 6.68. The molecule has 0 fully saturated rings. The maximum Gasteiger partial charge on any atom is 0.310 e. The van der Waals surface area contributed by atoms with Gasteiger partial charge in [-0.15, -0.1) is 0 Å². The lowest BCUT2D eigenvalue weighted by atomic mass is 10.2. The lowest BCUT2D eigenvalue weighted by Crippen LogP contribution is -2.05. The van der Waals surface area contributed by atoms with E-state index in [1.165, 1.54) is 0 Å². The molecule has 0 aliphatic heterocycles. The SMILES string of the molecule is N=Cc1ccc(S(F)(F)(F)(F)F)cc1. The van der Waals surface area contributed by atoms with Gasteiger partial charge in [-0.05, 0) is 17.7 Å². The molecule has 0 radical (unpaired) electrons. The molecule has 0 saturated carbocycles. The monoisotopic (exact) mass is 231 g/mol. The molecule has 1 nitrogen and oxygen atoms in total. The number of halogens is 5. The molecule has 0 aromatic heterocycles. The van der Waals surface area contributed by atoms with E-state index in [0.29, 0.717) is 0 Å². The van der Waals surface area contributed by atoms with E-state index in [4.69, 9.17) is 5.41 Å². The minimum atomic E-state index is -9.54. The highest BCUT2D eigenvalue weighted by atomic mass is 32.5. The third kappa shape index (κ3) is 2.44. The van der Waals surface area contributed by atoms with Gasteiger partial charge in [0.1, 0.15) is 4.90 Å². The molecule has 0 heterocycles. The Morgan fingerprint density at radius 1 is 0.929 bits per heavy atom. The first-order chi connectivity index (χ1) is 6.03. The summed E-state index contributed by atoms with van der Waals surface area (Å²) < 4.78 is 60.6. The van der Waals surface area contributed by atoms with Crippen LogP contribution in [0, 0.1) is 5.41 Å². The molecule has 0 unspecified atom stereocenters. The zero-order valence-electron chi connectivity index (χ0n) is 6.68. The summed E-state index contributed by atoms with van der Waals surface area (Å²) in [6.07, 6.45) is 0.773. The summed E-state index contributed by atoms with van der Waals surface area (Å²) in [6, 6.07) is 2.20. The average molecular weight is 231 g/mol. The lowest BCUT2D eigenvalue weighted by Gasteiger charge is -2.40. The van der Waals surface area contributed by atoms with E-state index in [0.717, 1.165) is 18.3 Å². The first kappa shape index (κ1) is 11.0. The van der Waals surface area contributed by atoms with Crippen LogP contribution < -0.4 is 0 Å². The zero-order valence-corrected chi connectivity index (χ0v) is 7.50. The Morgan fingerprint density at radius 2 is 1.36 bits per heavy atom. The first-order valence-corrected chi connectivity index (χ1v) is 5.33. The fourth-order valence-corrected chi connectivity index (χ4v) is 1.47. The highest BCUT2D eigenvalue weighted by molar-refractivity contribution is 8.45. The largest absolute Gasteiger partial charge is 0.310 e. The maximum absolute atomic E-state index is 12.1. The predicted molar refractivity (Wildman–Crippen MR) is 45.7 cm³/mol. The smallest absolute Gasteiger partial charge is 0.308 e. The van der Waals surface area contributed by atoms with Gasteiger partial charge in [0.2, 0.25) is 0 Å². The van der Waals surface area contributed by atoms with Crippen LogP contribution in [-0.2, 0) is 0 Å². The number of rotatable bonds is 2. The van der Waals surface area contributed by atoms with Crippen molar-refractivity contribution in [3.63, 3.8) is 0 Å². The Hall–Kier alpha value is -1.11. The topological polar surface area (TPSA) is 23.9 Å². The van der Waals surface area contributed by atoms with Crippen LogP contribution in [0.1, 0.15) is 5.56 Å². The second-order valence-electron chi connectivity index (χ2n) is 2.68. The van der Waals surface area contributed by atoms with E-state index in [1.54, 1.807) is 0 Å². The summed E-state index contributed by atoms with van der Waals surface area (Å²) in [4.78, 5) is -1.93. The maximum atomic E-state index is 12.1. The molecule has 0 aliphatic rings. The highest BCUT2D eigenvalue weighted by Crippen LogP contribution is 3.02. The molecule has 0 bridgehead atoms. The van der Waals surface area contributed by atoms with E-state index >= 15 is 0 Å². The minimum Gasteiger partial charge on any atom is -0.308 e. The Labute approximate surface area is 76.8 Å². The summed E-state index contributed by atoms with van der Waals surface area (Å²) in [5.74, 6) is 0. The van der Waals surface area contributed by atoms with Crippen molar-refractivity contribution in [1.29, 1.82) is 5.41 Å². The molecule has 0 saturated heterocycles. The van der Waals surface area contributed by atoms with Crippen molar-refractivity contribution < 1.29 is 19.4 Å². The molecule has 80 valence electrons. The third-order valence-electron chi connectivity index (χ3n) is 1.49. The van der Waals surface area contributed by atoms with Crippen LogP contribution in [0.3, 0.4) is 0 Å². The molecule has 1 aromatic carbocycles.